The minimum Gasteiger partial charge on any atom is -0.379 e. The summed E-state index contributed by atoms with van der Waals surface area (Å²) in [6.07, 6.45) is 3.62. The van der Waals surface area contributed by atoms with Gasteiger partial charge in [-0.2, -0.15) is 16.8 Å². The van der Waals surface area contributed by atoms with Crippen molar-refractivity contribution < 1.29 is 34.0 Å². The van der Waals surface area contributed by atoms with Gasteiger partial charge in [-0.15, -0.1) is 13.2 Å². The molecule has 0 heterocycles. The Morgan fingerprint density at radius 2 is 0.975 bits per heavy atom. The third kappa shape index (κ3) is 6.30. The van der Waals surface area contributed by atoms with E-state index in [1.807, 2.05) is 0 Å². The summed E-state index contributed by atoms with van der Waals surface area (Å²) < 4.78 is 89.8. The second kappa shape index (κ2) is 11.8. The molecule has 10 heteroatoms. The molecular weight excluding hydrogens is 558 g/mol. The smallest absolute Gasteiger partial charge is 0.342 e. The molecule has 0 aliphatic carbocycles. The monoisotopic (exact) mass is 582 g/mol. The molecule has 0 amide bonds. The summed E-state index contributed by atoms with van der Waals surface area (Å²) in [4.78, 5) is -1.17. The van der Waals surface area contributed by atoms with Gasteiger partial charge in [0.2, 0.25) is 0 Å². The molecule has 4 aromatic carbocycles. The van der Waals surface area contributed by atoms with Crippen molar-refractivity contribution in [1.82, 2.24) is 0 Å². The lowest BCUT2D eigenvalue weighted by atomic mass is 9.98. The van der Waals surface area contributed by atoms with Crippen LogP contribution in [0.15, 0.2) is 120 Å². The maximum atomic E-state index is 14.1. The quantitative estimate of drug-likeness (QED) is 0.146. The highest BCUT2D eigenvalue weighted by atomic mass is 32.2. The molecule has 0 aromatic heterocycles. The Hall–Kier alpha value is -4.28. The molecule has 6 nitrogen and oxygen atoms in total. The first kappa shape index (κ1) is 28.7. The Morgan fingerprint density at radius 3 is 1.32 bits per heavy atom. The number of hydrogen-bond donors (Lipinski definition) is 0. The first-order valence-corrected chi connectivity index (χ1v) is 14.7. The molecule has 0 spiro atoms. The highest BCUT2D eigenvalue weighted by molar-refractivity contribution is 7.87. The lowest BCUT2D eigenvalue weighted by Crippen LogP contribution is -2.13. The van der Waals surface area contributed by atoms with E-state index in [1.54, 1.807) is 36.4 Å². The van der Waals surface area contributed by atoms with Crippen molar-refractivity contribution in [2.24, 2.45) is 0 Å². The third-order valence-corrected chi connectivity index (χ3v) is 8.33. The predicted octanol–water partition coefficient (Wildman–Crippen LogP) is 6.62. The Kier molecular flexibility index (Phi) is 8.51. The molecule has 0 saturated carbocycles. The average molecular weight is 583 g/mol. The lowest BCUT2D eigenvalue weighted by molar-refractivity contribution is 0.472. The Morgan fingerprint density at radius 1 is 0.600 bits per heavy atom. The van der Waals surface area contributed by atoms with Crippen molar-refractivity contribution in [2.75, 3.05) is 0 Å². The largest absolute Gasteiger partial charge is 0.379 e. The van der Waals surface area contributed by atoms with E-state index in [0.29, 0.717) is 22.3 Å². The van der Waals surface area contributed by atoms with Gasteiger partial charge in [-0.3, -0.25) is 0 Å². The molecular formula is C30H24F2O6S2. The molecule has 4 rings (SSSR count). The minimum absolute atomic E-state index is 0.00847. The number of rotatable bonds is 11. The summed E-state index contributed by atoms with van der Waals surface area (Å²) in [7, 11) is -8.89. The van der Waals surface area contributed by atoms with E-state index in [0.717, 1.165) is 24.3 Å². The zero-order chi connectivity index (χ0) is 28.9. The van der Waals surface area contributed by atoms with Crippen LogP contribution in [-0.4, -0.2) is 16.8 Å². The zero-order valence-corrected chi connectivity index (χ0v) is 22.7. The predicted molar refractivity (Wildman–Crippen MR) is 148 cm³/mol. The van der Waals surface area contributed by atoms with Gasteiger partial charge in [0.05, 0.1) is 0 Å². The van der Waals surface area contributed by atoms with Crippen molar-refractivity contribution >= 4 is 20.2 Å². The van der Waals surface area contributed by atoms with Crippen LogP contribution in [0.3, 0.4) is 0 Å². The van der Waals surface area contributed by atoms with E-state index in [-0.39, 0.29) is 24.3 Å². The highest BCUT2D eigenvalue weighted by Crippen LogP contribution is 2.33. The minimum atomic E-state index is -4.45. The van der Waals surface area contributed by atoms with Gasteiger partial charge in [-0.25, -0.2) is 8.78 Å². The number of halogens is 2. The normalized spacial score (nSPS) is 11.6. The summed E-state index contributed by atoms with van der Waals surface area (Å²) in [5.74, 6) is -1.85. The summed E-state index contributed by atoms with van der Waals surface area (Å²) in [6.45, 7) is 7.41. The molecule has 206 valence electrons. The van der Waals surface area contributed by atoms with Crippen LogP contribution in [0.4, 0.5) is 8.78 Å². The van der Waals surface area contributed by atoms with Gasteiger partial charge >= 0.3 is 20.2 Å². The van der Waals surface area contributed by atoms with Crippen molar-refractivity contribution in [3.05, 3.63) is 133 Å². The molecule has 0 aliphatic heterocycles. The fourth-order valence-electron chi connectivity index (χ4n) is 3.93. The Bertz CT molecular complexity index is 1670. The topological polar surface area (TPSA) is 86.7 Å². The molecule has 0 aliphatic rings. The number of hydrogen-bond acceptors (Lipinski definition) is 6. The maximum Gasteiger partial charge on any atom is 0.342 e. The summed E-state index contributed by atoms with van der Waals surface area (Å²) in [5.41, 5.74) is 2.25. The van der Waals surface area contributed by atoms with Crippen LogP contribution in [0, 0.1) is 11.6 Å². The number of benzene rings is 4. The third-order valence-electron chi connectivity index (χ3n) is 5.79. The van der Waals surface area contributed by atoms with Gasteiger partial charge in [0.1, 0.15) is 32.9 Å². The van der Waals surface area contributed by atoms with Crippen LogP contribution >= 0.6 is 0 Å². The SMILES string of the molecule is C=CCc1cc(-c2ccc(OS(=O)(=O)c3ccccc3F)c(CC=C)c2)ccc1OS(=O)(=O)c1ccccc1F. The molecule has 0 saturated heterocycles. The van der Waals surface area contributed by atoms with Crippen molar-refractivity contribution in [3.8, 4) is 22.6 Å². The Balaban J connectivity index is 1.69. The molecule has 0 bridgehead atoms. The highest BCUT2D eigenvalue weighted by Gasteiger charge is 2.24. The van der Waals surface area contributed by atoms with Crippen molar-refractivity contribution in [2.45, 2.75) is 22.6 Å². The fourth-order valence-corrected chi connectivity index (χ4v) is 6.01. The van der Waals surface area contributed by atoms with E-state index < -0.39 is 41.7 Å². The summed E-state index contributed by atoms with van der Waals surface area (Å²) in [5, 5.41) is 0. The van der Waals surface area contributed by atoms with E-state index in [4.69, 9.17) is 8.37 Å². The molecule has 4 aromatic rings. The van der Waals surface area contributed by atoms with Gasteiger partial charge in [0.15, 0.2) is 0 Å². The van der Waals surface area contributed by atoms with Gasteiger partial charge in [0.25, 0.3) is 0 Å². The fraction of sp³-hybridized carbons (Fsp3) is 0.0667. The van der Waals surface area contributed by atoms with E-state index >= 15 is 0 Å². The van der Waals surface area contributed by atoms with Crippen LogP contribution in [0.5, 0.6) is 11.5 Å². The van der Waals surface area contributed by atoms with Gasteiger partial charge in [-0.1, -0.05) is 48.6 Å². The molecule has 0 N–H and O–H groups in total. The number of allylic oxidation sites excluding steroid dienone is 2. The van der Waals surface area contributed by atoms with Crippen LogP contribution in [0.2, 0.25) is 0 Å². The van der Waals surface area contributed by atoms with E-state index in [9.17, 15) is 25.6 Å². The second-order valence-electron chi connectivity index (χ2n) is 8.57. The Labute approximate surface area is 232 Å². The van der Waals surface area contributed by atoms with Crippen molar-refractivity contribution in [3.63, 3.8) is 0 Å². The molecule has 0 fully saturated rings. The van der Waals surface area contributed by atoms with E-state index in [2.05, 4.69) is 13.2 Å². The van der Waals surface area contributed by atoms with Crippen LogP contribution in [0.25, 0.3) is 11.1 Å². The van der Waals surface area contributed by atoms with Crippen LogP contribution < -0.4 is 8.37 Å². The molecule has 0 atom stereocenters. The standard InChI is InChI=1S/C30H24F2O6S2/c1-3-9-23-19-21(15-17-27(23)37-39(33,34)29-13-7-5-11-25(29)31)22-16-18-28(24(20-22)10-4-2)38-40(35,36)30-14-8-6-12-26(30)32/h3-8,11-20H,1-2,9-10H2. The first-order chi connectivity index (χ1) is 19.1. The lowest BCUT2D eigenvalue weighted by Gasteiger charge is -2.15. The second-order valence-corrected chi connectivity index (χ2v) is 11.6. The molecule has 0 radical (unpaired) electrons. The molecule has 40 heavy (non-hydrogen) atoms. The average Bonchev–Trinajstić information content (AvgIpc) is 2.91. The van der Waals surface area contributed by atoms with Gasteiger partial charge in [0, 0.05) is 11.1 Å². The van der Waals surface area contributed by atoms with Crippen LogP contribution in [0.1, 0.15) is 11.1 Å². The summed E-state index contributed by atoms with van der Waals surface area (Å²) in [6, 6.07) is 19.3. The van der Waals surface area contributed by atoms with Gasteiger partial charge < -0.3 is 8.37 Å². The molecule has 0 unspecified atom stereocenters. The summed E-state index contributed by atoms with van der Waals surface area (Å²) >= 11 is 0. The maximum absolute atomic E-state index is 14.1. The van der Waals surface area contributed by atoms with Crippen molar-refractivity contribution in [1.29, 1.82) is 0 Å². The first-order valence-electron chi connectivity index (χ1n) is 11.9. The zero-order valence-electron chi connectivity index (χ0n) is 21.1. The van der Waals surface area contributed by atoms with E-state index in [1.165, 1.54) is 36.4 Å². The van der Waals surface area contributed by atoms with Crippen LogP contribution in [-0.2, 0) is 33.1 Å². The van der Waals surface area contributed by atoms with Gasteiger partial charge in [-0.05, 0) is 72.5 Å².